The van der Waals surface area contributed by atoms with Gasteiger partial charge in [0.15, 0.2) is 6.10 Å². The number of unbranched alkanes of at least 4 members (excludes halogenated alkanes) is 51. The standard InChI is InChI=1S/C69H132O6/c1-4-7-10-13-16-18-20-22-24-26-27-28-29-30-31-32-33-34-35-36-37-38-39-40-41-42-43-45-46-48-50-53-56-59-62-68(71)74-65-66(64-73-67(70)61-58-55-52-15-12-9-6-3)75-69(72)63-60-57-54-51-49-47-44-25-23-21-19-17-14-11-8-5-2/h25,44,66H,4-24,26-43,45-65H2,1-3H3/b44-25-. The number of esters is 3. The molecule has 1 unspecified atom stereocenters. The molecule has 6 heteroatoms. The fraction of sp³-hybridized carbons (Fsp3) is 0.928. The fourth-order valence-electron chi connectivity index (χ4n) is 10.6. The van der Waals surface area contributed by atoms with Gasteiger partial charge < -0.3 is 14.2 Å². The molecule has 0 heterocycles. The van der Waals surface area contributed by atoms with Crippen LogP contribution in [0.2, 0.25) is 0 Å². The summed E-state index contributed by atoms with van der Waals surface area (Å²) in [5.74, 6) is -0.858. The van der Waals surface area contributed by atoms with Crippen LogP contribution in [0.15, 0.2) is 12.2 Å². The maximum Gasteiger partial charge on any atom is 0.306 e. The first-order valence-corrected chi connectivity index (χ1v) is 34.2. The third kappa shape index (κ3) is 62.9. The lowest BCUT2D eigenvalue weighted by Gasteiger charge is -2.18. The second kappa shape index (κ2) is 64.7. The maximum atomic E-state index is 12.8. The molecule has 0 radical (unpaired) electrons. The third-order valence-corrected chi connectivity index (χ3v) is 15.8. The summed E-state index contributed by atoms with van der Waals surface area (Å²) in [6.07, 6.45) is 77.2. The molecule has 1 atom stereocenters. The molecule has 6 nitrogen and oxygen atoms in total. The average molecular weight is 1060 g/mol. The molecule has 0 saturated heterocycles. The highest BCUT2D eigenvalue weighted by Crippen LogP contribution is 2.19. The molecule has 0 bridgehead atoms. The van der Waals surface area contributed by atoms with Crippen LogP contribution in [0.5, 0.6) is 0 Å². The summed E-state index contributed by atoms with van der Waals surface area (Å²) in [6.45, 7) is 6.65. The topological polar surface area (TPSA) is 78.9 Å². The first-order chi connectivity index (χ1) is 37.0. The van der Waals surface area contributed by atoms with Gasteiger partial charge >= 0.3 is 17.9 Å². The third-order valence-electron chi connectivity index (χ3n) is 15.8. The van der Waals surface area contributed by atoms with E-state index in [0.29, 0.717) is 19.3 Å². The molecular weight excluding hydrogens is 925 g/mol. The molecule has 0 rings (SSSR count). The van der Waals surface area contributed by atoms with Gasteiger partial charge in [0.05, 0.1) is 0 Å². The van der Waals surface area contributed by atoms with Crippen LogP contribution in [0.3, 0.4) is 0 Å². The lowest BCUT2D eigenvalue weighted by molar-refractivity contribution is -0.167. The van der Waals surface area contributed by atoms with E-state index >= 15 is 0 Å². The molecule has 444 valence electrons. The minimum Gasteiger partial charge on any atom is -0.462 e. The minimum absolute atomic E-state index is 0.0680. The van der Waals surface area contributed by atoms with Gasteiger partial charge in [-0.05, 0) is 44.9 Å². The van der Waals surface area contributed by atoms with Crippen LogP contribution >= 0.6 is 0 Å². The van der Waals surface area contributed by atoms with Crippen LogP contribution in [-0.4, -0.2) is 37.2 Å². The molecular formula is C69H132O6. The van der Waals surface area contributed by atoms with E-state index in [-0.39, 0.29) is 31.1 Å². The number of ether oxygens (including phenoxy) is 3. The van der Waals surface area contributed by atoms with Gasteiger partial charge in [-0.3, -0.25) is 14.4 Å². The Morgan fingerprint density at radius 1 is 0.253 bits per heavy atom. The van der Waals surface area contributed by atoms with E-state index in [1.54, 1.807) is 0 Å². The largest absolute Gasteiger partial charge is 0.462 e. The Kier molecular flexibility index (Phi) is 63.1. The Morgan fingerprint density at radius 3 is 0.667 bits per heavy atom. The molecule has 0 saturated carbocycles. The molecule has 0 aromatic heterocycles. The van der Waals surface area contributed by atoms with Gasteiger partial charge in [0.25, 0.3) is 0 Å². The summed E-state index contributed by atoms with van der Waals surface area (Å²) in [5.41, 5.74) is 0. The van der Waals surface area contributed by atoms with E-state index in [4.69, 9.17) is 14.2 Å². The summed E-state index contributed by atoms with van der Waals surface area (Å²) in [6, 6.07) is 0. The van der Waals surface area contributed by atoms with Crippen molar-refractivity contribution in [2.24, 2.45) is 0 Å². The van der Waals surface area contributed by atoms with Gasteiger partial charge in [-0.2, -0.15) is 0 Å². The first kappa shape index (κ1) is 73.2. The monoisotopic (exact) mass is 1060 g/mol. The Morgan fingerprint density at radius 2 is 0.440 bits per heavy atom. The van der Waals surface area contributed by atoms with Crippen molar-refractivity contribution in [3.8, 4) is 0 Å². The van der Waals surface area contributed by atoms with Gasteiger partial charge in [0.2, 0.25) is 0 Å². The Labute approximate surface area is 469 Å². The van der Waals surface area contributed by atoms with E-state index in [2.05, 4.69) is 32.9 Å². The molecule has 0 aliphatic heterocycles. The van der Waals surface area contributed by atoms with Crippen molar-refractivity contribution in [3.05, 3.63) is 12.2 Å². The molecule has 0 aromatic carbocycles. The summed E-state index contributed by atoms with van der Waals surface area (Å²) in [7, 11) is 0. The fourth-order valence-corrected chi connectivity index (χ4v) is 10.6. The van der Waals surface area contributed by atoms with Gasteiger partial charge in [-0.15, -0.1) is 0 Å². The summed E-state index contributed by atoms with van der Waals surface area (Å²) in [4.78, 5) is 38.0. The lowest BCUT2D eigenvalue weighted by atomic mass is 10.0. The summed E-state index contributed by atoms with van der Waals surface area (Å²) >= 11 is 0. The Balaban J connectivity index is 3.90. The van der Waals surface area contributed by atoms with Gasteiger partial charge in [0.1, 0.15) is 13.2 Å². The number of hydrogen-bond acceptors (Lipinski definition) is 6. The van der Waals surface area contributed by atoms with Gasteiger partial charge in [-0.1, -0.05) is 341 Å². The molecule has 0 aliphatic carbocycles. The van der Waals surface area contributed by atoms with Crippen molar-refractivity contribution < 1.29 is 28.6 Å². The normalized spacial score (nSPS) is 12.0. The van der Waals surface area contributed by atoms with Crippen LogP contribution in [0.4, 0.5) is 0 Å². The highest BCUT2D eigenvalue weighted by atomic mass is 16.6. The number of carbonyl (C=O) groups is 3. The lowest BCUT2D eigenvalue weighted by Crippen LogP contribution is -2.30. The van der Waals surface area contributed by atoms with Crippen LogP contribution in [0.25, 0.3) is 0 Å². The zero-order valence-corrected chi connectivity index (χ0v) is 51.1. The zero-order chi connectivity index (χ0) is 54.3. The molecule has 0 aliphatic rings. The van der Waals surface area contributed by atoms with Crippen LogP contribution in [0.1, 0.15) is 393 Å². The number of carbonyl (C=O) groups excluding carboxylic acids is 3. The molecule has 0 fully saturated rings. The van der Waals surface area contributed by atoms with Crippen molar-refractivity contribution in [2.75, 3.05) is 13.2 Å². The molecule has 0 aromatic rings. The average Bonchev–Trinajstić information content (AvgIpc) is 3.41. The first-order valence-electron chi connectivity index (χ1n) is 34.2. The van der Waals surface area contributed by atoms with E-state index < -0.39 is 6.10 Å². The van der Waals surface area contributed by atoms with Crippen molar-refractivity contribution >= 4 is 17.9 Å². The highest BCUT2D eigenvalue weighted by molar-refractivity contribution is 5.71. The summed E-state index contributed by atoms with van der Waals surface area (Å²) in [5, 5.41) is 0. The van der Waals surface area contributed by atoms with Gasteiger partial charge in [0, 0.05) is 19.3 Å². The van der Waals surface area contributed by atoms with E-state index in [1.807, 2.05) is 0 Å². The predicted molar refractivity (Wildman–Crippen MR) is 326 cm³/mol. The SMILES string of the molecule is CCCCCCCCC/C=C\CCCCCCCC(=O)OC(COC(=O)CCCCCCCCC)COC(=O)CCCCCCCCCCCCCCCCCCCCCCCCCCCCCCCCCCCC. The Bertz CT molecular complexity index is 1170. The van der Waals surface area contributed by atoms with Gasteiger partial charge in [-0.25, -0.2) is 0 Å². The second-order valence-electron chi connectivity index (χ2n) is 23.5. The smallest absolute Gasteiger partial charge is 0.306 e. The van der Waals surface area contributed by atoms with Crippen LogP contribution < -0.4 is 0 Å². The van der Waals surface area contributed by atoms with E-state index in [1.165, 1.54) is 289 Å². The van der Waals surface area contributed by atoms with E-state index in [0.717, 1.165) is 64.2 Å². The minimum atomic E-state index is -0.768. The van der Waals surface area contributed by atoms with E-state index in [9.17, 15) is 14.4 Å². The van der Waals surface area contributed by atoms with Crippen LogP contribution in [-0.2, 0) is 28.6 Å². The number of rotatable bonds is 64. The maximum absolute atomic E-state index is 12.8. The van der Waals surface area contributed by atoms with Crippen LogP contribution in [0, 0.1) is 0 Å². The molecule has 0 spiro atoms. The van der Waals surface area contributed by atoms with Crippen molar-refractivity contribution in [1.29, 1.82) is 0 Å². The predicted octanol–water partition coefficient (Wildman–Crippen LogP) is 23.2. The van der Waals surface area contributed by atoms with Crippen molar-refractivity contribution in [3.63, 3.8) is 0 Å². The Hall–Kier alpha value is -1.85. The second-order valence-corrected chi connectivity index (χ2v) is 23.5. The molecule has 0 N–H and O–H groups in total. The number of allylic oxidation sites excluding steroid dienone is 2. The quantitative estimate of drug-likeness (QED) is 0.0261. The summed E-state index contributed by atoms with van der Waals surface area (Å²) < 4.78 is 16.8. The molecule has 0 amide bonds. The van der Waals surface area contributed by atoms with Crippen molar-refractivity contribution in [1.82, 2.24) is 0 Å². The van der Waals surface area contributed by atoms with Crippen molar-refractivity contribution in [2.45, 2.75) is 399 Å². The zero-order valence-electron chi connectivity index (χ0n) is 51.1. The number of hydrogen-bond donors (Lipinski definition) is 0. The highest BCUT2D eigenvalue weighted by Gasteiger charge is 2.19. The molecule has 75 heavy (non-hydrogen) atoms.